The van der Waals surface area contributed by atoms with E-state index in [0.717, 1.165) is 22.2 Å². The first kappa shape index (κ1) is 62.3. The number of anilines is 2. The monoisotopic (exact) mass is 1140 g/mol. The molecule has 5 amide bonds. The molecule has 28 heteroatoms. The topological polar surface area (TPSA) is 296 Å². The van der Waals surface area contributed by atoms with E-state index in [1.807, 2.05) is 29.3 Å². The number of hydrogen-bond acceptors (Lipinski definition) is 24. The Bertz CT molecular complexity index is 2510. The first-order valence-corrected chi connectivity index (χ1v) is 27.3. The summed E-state index contributed by atoms with van der Waals surface area (Å²) in [5.41, 5.74) is 1.87. The quantitative estimate of drug-likeness (QED) is 0.0374. The third-order valence-electron chi connectivity index (χ3n) is 12.6. The second kappa shape index (κ2) is 35.5. The van der Waals surface area contributed by atoms with Crippen molar-refractivity contribution in [3.05, 3.63) is 55.1 Å². The zero-order chi connectivity index (χ0) is 56.6. The van der Waals surface area contributed by atoms with Crippen LogP contribution >= 0.6 is 0 Å². The molecule has 0 saturated carbocycles. The molecule has 3 aromatic heterocycles. The summed E-state index contributed by atoms with van der Waals surface area (Å²) < 4.78 is 67.9. The van der Waals surface area contributed by atoms with Gasteiger partial charge in [-0.15, -0.1) is 10.2 Å². The highest BCUT2D eigenvalue weighted by Gasteiger charge is 2.53. The Morgan fingerprint density at radius 1 is 0.593 bits per heavy atom. The Morgan fingerprint density at radius 3 is 1.58 bits per heavy atom. The smallest absolute Gasteiger partial charge is 0.335 e. The standard InChI is InChI=1S/C53H74N10O18/c64-47-5-6-48(65)63(47)81-49(66)7-14-69-16-18-71-20-22-73-24-26-75-28-30-77-32-34-79-36-37-80-35-33-78-31-29-76-27-25-74-23-21-72-19-17-70-15-13-61-41-46(58-59-61)42-3-4-45-43(38-42)39-55-51(56-45)60-11-8-53(9-12-60)50(67)62(52(68)57-53)44-2-1-10-54-40-44/h1-4,10,38-41H,5-9,11-37H2,(H,57,68). The zero-order valence-electron chi connectivity index (χ0n) is 45.7. The first-order valence-electron chi connectivity index (χ1n) is 27.3. The summed E-state index contributed by atoms with van der Waals surface area (Å²) in [5, 5.41) is 12.9. The van der Waals surface area contributed by atoms with E-state index in [4.69, 9.17) is 66.7 Å². The molecule has 0 radical (unpaired) electrons. The summed E-state index contributed by atoms with van der Waals surface area (Å²) in [5.74, 6) is -1.43. The highest BCUT2D eigenvalue weighted by molar-refractivity contribution is 6.23. The van der Waals surface area contributed by atoms with Gasteiger partial charge in [0.05, 0.1) is 195 Å². The molecule has 0 aliphatic carbocycles. The molecule has 3 fully saturated rings. The molecule has 3 aliphatic rings. The molecule has 6 heterocycles. The van der Waals surface area contributed by atoms with Gasteiger partial charge in [-0.1, -0.05) is 11.3 Å². The number of benzene rings is 1. The zero-order valence-corrected chi connectivity index (χ0v) is 45.7. The van der Waals surface area contributed by atoms with Crippen molar-refractivity contribution in [1.29, 1.82) is 0 Å². The summed E-state index contributed by atoms with van der Waals surface area (Å²) in [6.45, 7) is 11.5. The normalized spacial score (nSPS) is 15.3. The molecule has 1 aromatic carbocycles. The number of carbonyl (C=O) groups is 5. The van der Waals surface area contributed by atoms with Crippen LogP contribution < -0.4 is 15.1 Å². The van der Waals surface area contributed by atoms with Crippen LogP contribution in [-0.2, 0) is 87.4 Å². The van der Waals surface area contributed by atoms with Crippen molar-refractivity contribution < 1.29 is 85.7 Å². The number of urea groups is 1. The lowest BCUT2D eigenvalue weighted by molar-refractivity contribution is -0.198. The lowest BCUT2D eigenvalue weighted by atomic mass is 9.87. The Morgan fingerprint density at radius 2 is 1.09 bits per heavy atom. The lowest BCUT2D eigenvalue weighted by Gasteiger charge is -2.37. The molecule has 0 unspecified atom stereocenters. The van der Waals surface area contributed by atoms with Crippen molar-refractivity contribution in [1.82, 2.24) is 40.3 Å². The molecule has 3 saturated heterocycles. The number of amides is 5. The molecule has 444 valence electrons. The molecule has 28 nitrogen and oxygen atoms in total. The molecule has 1 N–H and O–H groups in total. The van der Waals surface area contributed by atoms with Gasteiger partial charge in [-0.05, 0) is 37.1 Å². The van der Waals surface area contributed by atoms with Gasteiger partial charge in [0, 0.05) is 49.3 Å². The minimum absolute atomic E-state index is 0.0506. The maximum Gasteiger partial charge on any atom is 0.335 e. The summed E-state index contributed by atoms with van der Waals surface area (Å²) in [7, 11) is 0. The van der Waals surface area contributed by atoms with Crippen molar-refractivity contribution in [3.8, 4) is 11.3 Å². The van der Waals surface area contributed by atoms with Gasteiger partial charge >= 0.3 is 12.0 Å². The van der Waals surface area contributed by atoms with E-state index < -0.39 is 29.4 Å². The van der Waals surface area contributed by atoms with Crippen molar-refractivity contribution in [2.45, 2.75) is 44.2 Å². The summed E-state index contributed by atoms with van der Waals surface area (Å²) in [6.07, 6.45) is 7.65. The van der Waals surface area contributed by atoms with Gasteiger partial charge in [0.15, 0.2) is 0 Å². The van der Waals surface area contributed by atoms with Crippen LogP contribution in [0.4, 0.5) is 16.4 Å². The summed E-state index contributed by atoms with van der Waals surface area (Å²) >= 11 is 0. The van der Waals surface area contributed by atoms with Gasteiger partial charge in [0.2, 0.25) is 5.95 Å². The van der Waals surface area contributed by atoms with Crippen molar-refractivity contribution >= 4 is 52.3 Å². The number of fused-ring (bicyclic) bond motifs is 1. The maximum absolute atomic E-state index is 13.4. The first-order chi connectivity index (χ1) is 39.8. The van der Waals surface area contributed by atoms with Crippen LogP contribution in [0.2, 0.25) is 0 Å². The van der Waals surface area contributed by atoms with Gasteiger partial charge in [0.1, 0.15) is 11.2 Å². The molecule has 4 aromatic rings. The highest BCUT2D eigenvalue weighted by atomic mass is 16.7. The van der Waals surface area contributed by atoms with E-state index in [-0.39, 0.29) is 38.4 Å². The number of rotatable bonds is 43. The largest absolute Gasteiger partial charge is 0.378 e. The van der Waals surface area contributed by atoms with Crippen LogP contribution in [0.3, 0.4) is 0 Å². The fourth-order valence-corrected chi connectivity index (χ4v) is 8.28. The number of nitrogens with zero attached hydrogens (tertiary/aromatic N) is 9. The van der Waals surface area contributed by atoms with Crippen LogP contribution in [0.5, 0.6) is 0 Å². The molecule has 3 aliphatic heterocycles. The van der Waals surface area contributed by atoms with Gasteiger partial charge in [-0.25, -0.2) is 29.1 Å². The third-order valence-corrected chi connectivity index (χ3v) is 12.6. The highest BCUT2D eigenvalue weighted by Crippen LogP contribution is 2.33. The van der Waals surface area contributed by atoms with E-state index in [1.165, 1.54) is 11.1 Å². The van der Waals surface area contributed by atoms with Crippen LogP contribution in [0.25, 0.3) is 22.2 Å². The maximum atomic E-state index is 13.4. The van der Waals surface area contributed by atoms with Gasteiger partial charge in [-0.2, -0.15) is 0 Å². The number of aromatic nitrogens is 6. The predicted octanol–water partition coefficient (Wildman–Crippen LogP) is 1.58. The number of ether oxygens (including phenoxy) is 12. The number of imide groups is 2. The van der Waals surface area contributed by atoms with E-state index in [9.17, 15) is 24.0 Å². The average molecular weight is 1140 g/mol. The SMILES string of the molecule is O=C(CCOCCOCCOCCOCCOCCOCCOCCOCCOCCOCCOCCOCCn1cc(-c2ccc3nc(N4CCC5(CC4)NC(=O)N(c4cccnc4)C5=O)ncc3c2)nn1)ON1C(=O)CCC1=O. The van der Waals surface area contributed by atoms with E-state index in [2.05, 4.69) is 25.6 Å². The second-order valence-electron chi connectivity index (χ2n) is 18.3. The van der Waals surface area contributed by atoms with Gasteiger partial charge in [0.25, 0.3) is 17.7 Å². The van der Waals surface area contributed by atoms with E-state index >= 15 is 0 Å². The molecule has 1 spiro atoms. The number of hydroxylamine groups is 2. The minimum atomic E-state index is -0.961. The molecular weight excluding hydrogens is 1060 g/mol. The second-order valence-corrected chi connectivity index (χ2v) is 18.3. The molecule has 81 heavy (non-hydrogen) atoms. The number of pyridine rings is 1. The lowest BCUT2D eigenvalue weighted by Crippen LogP contribution is -2.55. The fraction of sp³-hybridized carbons (Fsp3) is 0.623. The number of piperidine rings is 1. The Balaban J connectivity index is 0.567. The predicted molar refractivity (Wildman–Crippen MR) is 285 cm³/mol. The third kappa shape index (κ3) is 21.2. The molecule has 7 rings (SSSR count). The van der Waals surface area contributed by atoms with Gasteiger partial charge in [-0.3, -0.25) is 19.4 Å². The molecule has 0 bridgehead atoms. The van der Waals surface area contributed by atoms with Crippen LogP contribution in [-0.4, -0.2) is 242 Å². The minimum Gasteiger partial charge on any atom is -0.378 e. The van der Waals surface area contributed by atoms with Crippen molar-refractivity contribution in [2.24, 2.45) is 0 Å². The summed E-state index contributed by atoms with van der Waals surface area (Å²) in [6, 6.07) is 8.83. The van der Waals surface area contributed by atoms with Crippen molar-refractivity contribution in [2.75, 3.05) is 181 Å². The van der Waals surface area contributed by atoms with Crippen LogP contribution in [0.15, 0.2) is 55.1 Å². The number of hydrogen-bond donors (Lipinski definition) is 1. The Kier molecular flexibility index (Phi) is 27.4. The van der Waals surface area contributed by atoms with Crippen LogP contribution in [0.1, 0.15) is 32.1 Å². The molecular formula is C53H74N10O18. The van der Waals surface area contributed by atoms with Crippen molar-refractivity contribution in [3.63, 3.8) is 0 Å². The Labute approximate surface area is 469 Å². The molecule has 0 atom stereocenters. The number of carbonyl (C=O) groups excluding carboxylic acids is 5. The number of nitrogens with one attached hydrogen (secondary N) is 1. The fourth-order valence-electron chi connectivity index (χ4n) is 8.28. The van der Waals surface area contributed by atoms with E-state index in [0.29, 0.717) is 195 Å². The average Bonchev–Trinajstić information content (AvgIpc) is 4.25. The van der Waals surface area contributed by atoms with Crippen LogP contribution in [0, 0.1) is 0 Å². The van der Waals surface area contributed by atoms with E-state index in [1.54, 1.807) is 29.2 Å². The van der Waals surface area contributed by atoms with Gasteiger partial charge < -0.3 is 71.9 Å². The Hall–Kier alpha value is -6.28. The summed E-state index contributed by atoms with van der Waals surface area (Å²) in [4.78, 5) is 82.3.